The first kappa shape index (κ1) is 31.2. The van der Waals surface area contributed by atoms with Gasteiger partial charge >= 0.3 is 0 Å². The predicted octanol–water partition coefficient (Wildman–Crippen LogP) is 5.53. The number of carbonyl (C=O) groups excluding carboxylic acids is 2. The van der Waals surface area contributed by atoms with Gasteiger partial charge in [0.1, 0.15) is 6.04 Å². The number of likely N-dealkylation sites (N-methyl/N-ethyl adjacent to an activating group) is 1. The van der Waals surface area contributed by atoms with E-state index < -0.39 is 28.5 Å². The van der Waals surface area contributed by atoms with E-state index in [2.05, 4.69) is 5.32 Å². The molecule has 7 nitrogen and oxygen atoms in total. The summed E-state index contributed by atoms with van der Waals surface area (Å²) in [4.78, 5) is 29.2. The van der Waals surface area contributed by atoms with E-state index in [1.165, 1.54) is 11.9 Å². The topological polar surface area (TPSA) is 86.8 Å². The number of rotatable bonds is 12. The van der Waals surface area contributed by atoms with Crippen LogP contribution in [0.4, 0.5) is 0 Å². The highest BCUT2D eigenvalue weighted by Crippen LogP contribution is 2.22. The van der Waals surface area contributed by atoms with Gasteiger partial charge in [-0.25, -0.2) is 8.42 Å². The van der Waals surface area contributed by atoms with E-state index in [4.69, 9.17) is 11.6 Å². The predicted molar refractivity (Wildman–Crippen MR) is 168 cm³/mol. The highest BCUT2D eigenvalue weighted by molar-refractivity contribution is 7.89. The summed E-state index contributed by atoms with van der Waals surface area (Å²) in [7, 11) is -2.61. The maximum atomic E-state index is 14.0. The monoisotopic (exact) mass is 605 g/mol. The molecule has 0 aliphatic carbocycles. The van der Waals surface area contributed by atoms with Crippen LogP contribution in [0.2, 0.25) is 5.02 Å². The van der Waals surface area contributed by atoms with Crippen LogP contribution in [0.5, 0.6) is 0 Å². The number of hydrogen-bond donors (Lipinski definition) is 1. The Kier molecular flexibility index (Phi) is 10.4. The minimum atomic E-state index is -4.00. The van der Waals surface area contributed by atoms with Gasteiger partial charge in [-0.15, -0.1) is 0 Å². The van der Waals surface area contributed by atoms with Crippen molar-refractivity contribution in [1.82, 2.24) is 14.5 Å². The Hall–Kier alpha value is -3.72. The largest absolute Gasteiger partial charge is 0.354 e. The van der Waals surface area contributed by atoms with E-state index in [-0.39, 0.29) is 29.7 Å². The van der Waals surface area contributed by atoms with Crippen LogP contribution in [0.25, 0.3) is 10.8 Å². The summed E-state index contributed by atoms with van der Waals surface area (Å²) >= 11 is 6.10. The fourth-order valence-corrected chi connectivity index (χ4v) is 5.92. The third-order valence-corrected chi connectivity index (χ3v) is 9.06. The zero-order valence-electron chi connectivity index (χ0n) is 24.0. The lowest BCUT2D eigenvalue weighted by Crippen LogP contribution is -2.53. The first-order valence-electron chi connectivity index (χ1n) is 13.9. The molecule has 0 fully saturated rings. The molecule has 0 unspecified atom stereocenters. The second kappa shape index (κ2) is 14.0. The number of sulfonamides is 1. The summed E-state index contributed by atoms with van der Waals surface area (Å²) in [5, 5.41) is 5.22. The van der Waals surface area contributed by atoms with Gasteiger partial charge in [0, 0.05) is 31.6 Å². The van der Waals surface area contributed by atoms with Gasteiger partial charge in [-0.1, -0.05) is 98.2 Å². The quantitative estimate of drug-likeness (QED) is 0.230. The number of benzene rings is 4. The molecular weight excluding hydrogens is 570 g/mol. The summed E-state index contributed by atoms with van der Waals surface area (Å²) in [5.41, 5.74) is 1.65. The molecule has 0 saturated carbocycles. The molecule has 1 N–H and O–H groups in total. The molecule has 42 heavy (non-hydrogen) atoms. The Balaban J connectivity index is 1.66. The van der Waals surface area contributed by atoms with E-state index in [1.54, 1.807) is 42.5 Å². The number of carbonyl (C=O) groups is 2. The third-order valence-electron chi connectivity index (χ3n) is 7.01. The van der Waals surface area contributed by atoms with Gasteiger partial charge in [0.25, 0.3) is 0 Å². The second-order valence-electron chi connectivity index (χ2n) is 10.8. The third kappa shape index (κ3) is 7.97. The summed E-state index contributed by atoms with van der Waals surface area (Å²) in [6.45, 7) is 4.10. The van der Waals surface area contributed by atoms with Crippen molar-refractivity contribution in [2.45, 2.75) is 37.8 Å². The first-order valence-corrected chi connectivity index (χ1v) is 15.7. The summed E-state index contributed by atoms with van der Waals surface area (Å²) in [6, 6.07) is 28.0. The van der Waals surface area contributed by atoms with Crippen molar-refractivity contribution in [1.29, 1.82) is 0 Å². The maximum absolute atomic E-state index is 14.0. The molecule has 0 bridgehead atoms. The molecule has 0 spiro atoms. The molecule has 0 heterocycles. The zero-order valence-corrected chi connectivity index (χ0v) is 25.6. The molecule has 1 atom stereocenters. The fourth-order valence-electron chi connectivity index (χ4n) is 4.64. The van der Waals surface area contributed by atoms with Crippen molar-refractivity contribution in [3.8, 4) is 0 Å². The average Bonchev–Trinajstić information content (AvgIpc) is 2.98. The van der Waals surface area contributed by atoms with Crippen LogP contribution in [-0.2, 0) is 32.6 Å². The van der Waals surface area contributed by atoms with Gasteiger partial charge in [0.15, 0.2) is 0 Å². The van der Waals surface area contributed by atoms with Crippen LogP contribution >= 0.6 is 11.6 Å². The van der Waals surface area contributed by atoms with E-state index in [9.17, 15) is 18.0 Å². The van der Waals surface area contributed by atoms with E-state index in [1.807, 2.05) is 68.4 Å². The van der Waals surface area contributed by atoms with Crippen molar-refractivity contribution < 1.29 is 18.0 Å². The maximum Gasteiger partial charge on any atom is 0.243 e. The lowest BCUT2D eigenvalue weighted by atomic mass is 10.0. The van der Waals surface area contributed by atoms with Crippen molar-refractivity contribution in [3.63, 3.8) is 0 Å². The number of nitrogens with one attached hydrogen (secondary N) is 1. The van der Waals surface area contributed by atoms with Crippen LogP contribution in [0.15, 0.2) is 102 Å². The van der Waals surface area contributed by atoms with Crippen LogP contribution in [0.3, 0.4) is 0 Å². The first-order chi connectivity index (χ1) is 20.0. The lowest BCUT2D eigenvalue weighted by Gasteiger charge is -2.33. The molecule has 0 radical (unpaired) electrons. The Morgan fingerprint density at radius 3 is 2.14 bits per heavy atom. The number of nitrogens with zero attached hydrogens (tertiary/aromatic N) is 2. The Labute approximate surface area is 253 Å². The van der Waals surface area contributed by atoms with Crippen molar-refractivity contribution in [2.24, 2.45) is 5.92 Å². The molecule has 0 aromatic heterocycles. The molecule has 4 aromatic rings. The van der Waals surface area contributed by atoms with Crippen LogP contribution < -0.4 is 5.32 Å². The molecule has 4 rings (SSSR count). The molecule has 9 heteroatoms. The Morgan fingerprint density at radius 2 is 1.48 bits per heavy atom. The van der Waals surface area contributed by atoms with Crippen LogP contribution in [0, 0.1) is 5.92 Å². The SMILES string of the molecule is CC(C)CNC(=O)[C@@H](Cc1ccccc1)N(Cc1ccc(Cl)cc1)C(=O)CN(C)S(=O)(=O)c1ccc2ccccc2c1. The summed E-state index contributed by atoms with van der Waals surface area (Å²) in [5.74, 6) is -0.572. The minimum Gasteiger partial charge on any atom is -0.354 e. The van der Waals surface area contributed by atoms with Crippen LogP contribution in [0.1, 0.15) is 25.0 Å². The lowest BCUT2D eigenvalue weighted by molar-refractivity contribution is -0.141. The minimum absolute atomic E-state index is 0.0938. The number of amides is 2. The molecule has 4 aromatic carbocycles. The van der Waals surface area contributed by atoms with E-state index >= 15 is 0 Å². The molecule has 0 aliphatic rings. The molecule has 2 amide bonds. The number of fused-ring (bicyclic) bond motifs is 1. The highest BCUT2D eigenvalue weighted by Gasteiger charge is 2.33. The fraction of sp³-hybridized carbons (Fsp3) is 0.273. The number of halogens is 1. The second-order valence-corrected chi connectivity index (χ2v) is 13.2. The normalized spacial score (nSPS) is 12.4. The summed E-state index contributed by atoms with van der Waals surface area (Å²) in [6.07, 6.45) is 0.269. The zero-order chi connectivity index (χ0) is 30.3. The smallest absolute Gasteiger partial charge is 0.243 e. The van der Waals surface area contributed by atoms with Crippen LogP contribution in [-0.4, -0.2) is 55.6 Å². The number of hydrogen-bond acceptors (Lipinski definition) is 4. The highest BCUT2D eigenvalue weighted by atomic mass is 35.5. The molecule has 220 valence electrons. The van der Waals surface area contributed by atoms with Crippen molar-refractivity contribution in [2.75, 3.05) is 20.1 Å². The van der Waals surface area contributed by atoms with Gasteiger partial charge in [-0.05, 0) is 52.1 Å². The van der Waals surface area contributed by atoms with Gasteiger partial charge in [0.05, 0.1) is 11.4 Å². The van der Waals surface area contributed by atoms with Gasteiger partial charge in [-0.3, -0.25) is 9.59 Å². The molecular formula is C33H36ClN3O4S. The van der Waals surface area contributed by atoms with Crippen molar-refractivity contribution >= 4 is 44.2 Å². The van der Waals surface area contributed by atoms with E-state index in [0.29, 0.717) is 11.6 Å². The van der Waals surface area contributed by atoms with E-state index in [0.717, 1.165) is 26.2 Å². The van der Waals surface area contributed by atoms with Gasteiger partial charge in [-0.2, -0.15) is 4.31 Å². The van der Waals surface area contributed by atoms with Gasteiger partial charge in [0.2, 0.25) is 21.8 Å². The van der Waals surface area contributed by atoms with Gasteiger partial charge < -0.3 is 10.2 Å². The van der Waals surface area contributed by atoms with Crippen molar-refractivity contribution in [3.05, 3.63) is 113 Å². The summed E-state index contributed by atoms with van der Waals surface area (Å²) < 4.78 is 28.2. The molecule has 0 aliphatic heterocycles. The Morgan fingerprint density at radius 1 is 0.833 bits per heavy atom. The Bertz CT molecular complexity index is 1630. The molecule has 0 saturated heterocycles. The standard InChI is InChI=1S/C33H36ClN3O4S/c1-24(2)21-35-33(39)31(19-25-9-5-4-6-10-25)37(22-26-13-16-29(34)17-14-26)32(38)23-36(3)42(40,41)30-18-15-27-11-7-8-12-28(27)20-30/h4-18,20,24,31H,19,21-23H2,1-3H3,(H,35,39)/t31-/m1/s1. The average molecular weight is 606 g/mol.